The first-order valence-electron chi connectivity index (χ1n) is 6.68. The Bertz CT molecular complexity index is 530. The average Bonchev–Trinajstić information content (AvgIpc) is 2.69. The van der Waals surface area contributed by atoms with Crippen LogP contribution in [0.4, 0.5) is 5.69 Å². The summed E-state index contributed by atoms with van der Waals surface area (Å²) in [6, 6.07) is 5.15. The van der Waals surface area contributed by atoms with Crippen LogP contribution < -0.4 is 9.64 Å². The molecule has 0 aromatic heterocycles. The number of ketones is 1. The van der Waals surface area contributed by atoms with Crippen LogP contribution in [0.2, 0.25) is 0 Å². The Balaban J connectivity index is 2.16. The van der Waals surface area contributed by atoms with Crippen LogP contribution in [0.5, 0.6) is 5.75 Å². The van der Waals surface area contributed by atoms with E-state index in [0.717, 1.165) is 12.8 Å². The number of methoxy groups -OCH3 is 1. The summed E-state index contributed by atoms with van der Waals surface area (Å²) in [5.41, 5.74) is 1.11. The van der Waals surface area contributed by atoms with Crippen LogP contribution in [0.15, 0.2) is 18.2 Å². The van der Waals surface area contributed by atoms with E-state index in [9.17, 15) is 9.59 Å². The van der Waals surface area contributed by atoms with Gasteiger partial charge in [0.05, 0.1) is 18.4 Å². The number of carbonyl (C=O) groups excluding carboxylic acids is 2. The van der Waals surface area contributed by atoms with Crippen molar-refractivity contribution in [2.45, 2.75) is 19.8 Å². The topological polar surface area (TPSA) is 46.6 Å². The van der Waals surface area contributed by atoms with E-state index in [4.69, 9.17) is 16.3 Å². The van der Waals surface area contributed by atoms with Gasteiger partial charge in [-0.25, -0.2) is 0 Å². The second-order valence-electron chi connectivity index (χ2n) is 5.04. The quantitative estimate of drug-likeness (QED) is 0.599. The van der Waals surface area contributed by atoms with Crippen molar-refractivity contribution in [3.05, 3.63) is 23.8 Å². The molecule has 1 unspecified atom stereocenters. The Hall–Kier alpha value is -1.55. The number of carbonyl (C=O) groups is 2. The smallest absolute Gasteiger partial charge is 0.299 e. The summed E-state index contributed by atoms with van der Waals surface area (Å²) in [5, 5.41) is 0. The number of fused-ring (bicyclic) bond motifs is 1. The molecule has 1 heterocycles. The molecule has 5 heteroatoms. The summed E-state index contributed by atoms with van der Waals surface area (Å²) >= 11 is 5.71. The van der Waals surface area contributed by atoms with Crippen molar-refractivity contribution >= 4 is 29.0 Å². The van der Waals surface area contributed by atoms with Crippen molar-refractivity contribution in [1.29, 1.82) is 0 Å². The molecule has 1 aromatic carbocycles. The van der Waals surface area contributed by atoms with Crippen molar-refractivity contribution in [3.8, 4) is 5.75 Å². The van der Waals surface area contributed by atoms with Gasteiger partial charge in [0.15, 0.2) is 0 Å². The maximum atomic E-state index is 12.0. The number of ether oxygens (including phenoxy) is 1. The first-order chi connectivity index (χ1) is 9.58. The number of nitrogens with zero attached hydrogens (tertiary/aromatic N) is 1. The van der Waals surface area contributed by atoms with Gasteiger partial charge < -0.3 is 9.64 Å². The number of Topliss-reactive ketones (excluding diaryl/α,β-unsaturated/α-hetero) is 1. The molecule has 20 heavy (non-hydrogen) atoms. The predicted molar refractivity (Wildman–Crippen MR) is 78.8 cm³/mol. The zero-order valence-electron chi connectivity index (χ0n) is 11.7. The predicted octanol–water partition coefficient (Wildman–Crippen LogP) is 2.88. The minimum absolute atomic E-state index is 0.428. The third kappa shape index (κ3) is 2.80. The molecule has 0 spiro atoms. The van der Waals surface area contributed by atoms with Crippen LogP contribution in [-0.2, 0) is 4.79 Å². The molecular weight excluding hydrogens is 278 g/mol. The molecule has 0 saturated heterocycles. The van der Waals surface area contributed by atoms with Gasteiger partial charge in [-0.1, -0.05) is 6.92 Å². The van der Waals surface area contributed by atoms with Crippen molar-refractivity contribution < 1.29 is 14.3 Å². The van der Waals surface area contributed by atoms with Crippen LogP contribution in [-0.4, -0.2) is 31.2 Å². The fourth-order valence-corrected chi connectivity index (χ4v) is 2.68. The third-order valence-corrected chi connectivity index (χ3v) is 3.84. The summed E-state index contributed by atoms with van der Waals surface area (Å²) in [6.07, 6.45) is 1.74. The lowest BCUT2D eigenvalue weighted by molar-refractivity contribution is -0.114. The van der Waals surface area contributed by atoms with E-state index in [-0.39, 0.29) is 0 Å². The van der Waals surface area contributed by atoms with E-state index >= 15 is 0 Å². The van der Waals surface area contributed by atoms with Crippen molar-refractivity contribution in [1.82, 2.24) is 0 Å². The summed E-state index contributed by atoms with van der Waals surface area (Å²) in [6.45, 7) is 2.64. The largest absolute Gasteiger partial charge is 0.497 e. The number of alkyl halides is 1. The molecule has 0 bridgehead atoms. The third-order valence-electron chi connectivity index (χ3n) is 3.63. The van der Waals surface area contributed by atoms with Crippen LogP contribution in [0.25, 0.3) is 0 Å². The minimum atomic E-state index is -0.455. The number of halogens is 1. The number of benzene rings is 1. The molecule has 4 nitrogen and oxygen atoms in total. The van der Waals surface area contributed by atoms with Gasteiger partial charge >= 0.3 is 0 Å². The van der Waals surface area contributed by atoms with Crippen LogP contribution in [0, 0.1) is 5.92 Å². The Morgan fingerprint density at radius 3 is 2.70 bits per heavy atom. The van der Waals surface area contributed by atoms with Crippen molar-refractivity contribution in [2.24, 2.45) is 5.92 Å². The highest BCUT2D eigenvalue weighted by molar-refractivity contribution is 6.52. The maximum absolute atomic E-state index is 12.0. The normalized spacial score (nSPS) is 15.4. The molecule has 0 N–H and O–H groups in total. The molecule has 1 atom stereocenters. The van der Waals surface area contributed by atoms with E-state index in [1.165, 1.54) is 7.11 Å². The highest BCUT2D eigenvalue weighted by Crippen LogP contribution is 2.32. The van der Waals surface area contributed by atoms with Crippen LogP contribution >= 0.6 is 11.6 Å². The SMILES string of the molecule is COc1ccc2c(c1)C(=O)C(=O)N2CCC(C)CCCl. The monoisotopic (exact) mass is 295 g/mol. The van der Waals surface area contributed by atoms with Gasteiger partial charge in [0.2, 0.25) is 0 Å². The second-order valence-corrected chi connectivity index (χ2v) is 5.42. The van der Waals surface area contributed by atoms with E-state index < -0.39 is 11.7 Å². The lowest BCUT2D eigenvalue weighted by Gasteiger charge is -2.19. The number of anilines is 1. The summed E-state index contributed by atoms with van der Waals surface area (Å²) in [5.74, 6) is 0.720. The summed E-state index contributed by atoms with van der Waals surface area (Å²) in [4.78, 5) is 25.6. The molecule has 0 radical (unpaired) electrons. The molecule has 108 valence electrons. The molecule has 1 amide bonds. The number of rotatable bonds is 6. The number of hydrogen-bond acceptors (Lipinski definition) is 3. The molecule has 1 aliphatic heterocycles. The Morgan fingerprint density at radius 2 is 2.05 bits per heavy atom. The summed E-state index contributed by atoms with van der Waals surface area (Å²) in [7, 11) is 1.54. The zero-order chi connectivity index (χ0) is 14.7. The average molecular weight is 296 g/mol. The van der Waals surface area contributed by atoms with Crippen molar-refractivity contribution in [3.63, 3.8) is 0 Å². The highest BCUT2D eigenvalue weighted by Gasteiger charge is 2.35. The number of hydrogen-bond donors (Lipinski definition) is 0. The van der Waals surface area contributed by atoms with E-state index in [1.54, 1.807) is 23.1 Å². The zero-order valence-corrected chi connectivity index (χ0v) is 12.4. The number of amides is 1. The Morgan fingerprint density at radius 1 is 1.30 bits per heavy atom. The molecule has 1 aliphatic rings. The van der Waals surface area contributed by atoms with Crippen LogP contribution in [0.3, 0.4) is 0 Å². The van der Waals surface area contributed by atoms with Gasteiger partial charge in [0, 0.05) is 12.4 Å². The van der Waals surface area contributed by atoms with Gasteiger partial charge in [0.1, 0.15) is 5.75 Å². The van der Waals surface area contributed by atoms with Gasteiger partial charge in [-0.15, -0.1) is 11.6 Å². The Labute approximate surface area is 123 Å². The lowest BCUT2D eigenvalue weighted by Crippen LogP contribution is -2.31. The second kappa shape index (κ2) is 6.27. The molecule has 2 rings (SSSR count). The first kappa shape index (κ1) is 14.9. The van der Waals surface area contributed by atoms with E-state index in [2.05, 4.69) is 6.92 Å². The fourth-order valence-electron chi connectivity index (χ4n) is 2.31. The summed E-state index contributed by atoms with van der Waals surface area (Å²) < 4.78 is 5.09. The molecule has 0 aliphatic carbocycles. The lowest BCUT2D eigenvalue weighted by atomic mass is 10.0. The highest BCUT2D eigenvalue weighted by atomic mass is 35.5. The molecule has 0 fully saturated rings. The van der Waals surface area contributed by atoms with Crippen molar-refractivity contribution in [2.75, 3.05) is 24.4 Å². The minimum Gasteiger partial charge on any atom is -0.497 e. The standard InChI is InChI=1S/C15H18ClNO3/c1-10(5-7-16)6-8-17-13-4-3-11(20-2)9-12(13)14(18)15(17)19/h3-4,9-10H,5-8H2,1-2H3. The molecular formula is C15H18ClNO3. The van der Waals surface area contributed by atoms with Gasteiger partial charge in [-0.2, -0.15) is 0 Å². The molecule has 1 aromatic rings. The van der Waals surface area contributed by atoms with E-state index in [0.29, 0.717) is 35.3 Å². The van der Waals surface area contributed by atoms with Gasteiger partial charge in [-0.05, 0) is 37.0 Å². The fraction of sp³-hybridized carbons (Fsp3) is 0.467. The van der Waals surface area contributed by atoms with E-state index in [1.807, 2.05) is 0 Å². The molecule has 0 saturated carbocycles. The van der Waals surface area contributed by atoms with Crippen LogP contribution in [0.1, 0.15) is 30.1 Å². The van der Waals surface area contributed by atoms with Gasteiger partial charge in [0.25, 0.3) is 11.7 Å². The van der Waals surface area contributed by atoms with Gasteiger partial charge in [-0.3, -0.25) is 9.59 Å². The first-order valence-corrected chi connectivity index (χ1v) is 7.22. The Kier molecular flexibility index (Phi) is 4.65. The maximum Gasteiger partial charge on any atom is 0.299 e.